The lowest BCUT2D eigenvalue weighted by molar-refractivity contribution is 0.414. The fourth-order valence-corrected chi connectivity index (χ4v) is 4.03. The van der Waals surface area contributed by atoms with Crippen LogP contribution < -0.4 is 14.3 Å². The number of hydrogen-bond acceptors (Lipinski definition) is 5. The van der Waals surface area contributed by atoms with Gasteiger partial charge in [0.25, 0.3) is 0 Å². The second-order valence-corrected chi connectivity index (χ2v) is 7.63. The van der Waals surface area contributed by atoms with E-state index in [-0.39, 0.29) is 16.3 Å². The highest BCUT2D eigenvalue weighted by Crippen LogP contribution is 2.20. The molecule has 0 amide bonds. The van der Waals surface area contributed by atoms with Crippen LogP contribution in [-0.2, 0) is 16.6 Å². The van der Waals surface area contributed by atoms with E-state index in [1.54, 1.807) is 31.4 Å². The third-order valence-electron chi connectivity index (χ3n) is 3.30. The summed E-state index contributed by atoms with van der Waals surface area (Å²) in [5.74, 6) is 0.667. The molecule has 2 aromatic carbocycles. The second kappa shape index (κ2) is 6.15. The molecule has 8 heteroatoms. The molecule has 6 nitrogen and oxygen atoms in total. The van der Waals surface area contributed by atoms with Crippen molar-refractivity contribution in [2.24, 2.45) is 0 Å². The lowest BCUT2D eigenvalue weighted by atomic mass is 10.2. The van der Waals surface area contributed by atoms with E-state index >= 15 is 0 Å². The van der Waals surface area contributed by atoms with Gasteiger partial charge in [-0.2, -0.15) is 0 Å². The van der Waals surface area contributed by atoms with Gasteiger partial charge in [-0.15, -0.1) is 0 Å². The molecule has 0 aliphatic carbocycles. The minimum Gasteiger partial charge on any atom is -0.497 e. The van der Waals surface area contributed by atoms with Gasteiger partial charge in [0.05, 0.1) is 22.2 Å². The molecule has 0 saturated carbocycles. The molecule has 120 valence electrons. The largest absolute Gasteiger partial charge is 0.497 e. The summed E-state index contributed by atoms with van der Waals surface area (Å²) in [5.41, 5.74) is 1.42. The third kappa shape index (κ3) is 3.44. The van der Waals surface area contributed by atoms with Crippen LogP contribution in [0, 0.1) is 0 Å². The molecule has 0 atom stereocenters. The summed E-state index contributed by atoms with van der Waals surface area (Å²) in [6.07, 6.45) is 0. The first kappa shape index (κ1) is 15.7. The number of aromatic nitrogens is 1. The number of thiazole rings is 1. The summed E-state index contributed by atoms with van der Waals surface area (Å²) in [7, 11) is -2.10. The number of fused-ring (bicyclic) bond motifs is 1. The van der Waals surface area contributed by atoms with Gasteiger partial charge in [-0.25, -0.2) is 13.1 Å². The Labute approximate surface area is 136 Å². The van der Waals surface area contributed by atoms with Crippen molar-refractivity contribution in [1.29, 1.82) is 0 Å². The van der Waals surface area contributed by atoms with E-state index in [2.05, 4.69) is 9.71 Å². The number of benzene rings is 2. The molecule has 0 fully saturated rings. The Morgan fingerprint density at radius 1 is 1.22 bits per heavy atom. The van der Waals surface area contributed by atoms with E-state index in [1.165, 1.54) is 12.1 Å². The predicted molar refractivity (Wildman–Crippen MR) is 89.5 cm³/mol. The van der Waals surface area contributed by atoms with Crippen molar-refractivity contribution >= 4 is 31.6 Å². The van der Waals surface area contributed by atoms with Gasteiger partial charge in [-0.3, -0.25) is 4.79 Å². The molecular formula is C15H14N2O4S2. The van der Waals surface area contributed by atoms with Crippen LogP contribution in [0.5, 0.6) is 5.75 Å². The number of aromatic amines is 1. The van der Waals surface area contributed by atoms with Crippen molar-refractivity contribution in [1.82, 2.24) is 9.71 Å². The van der Waals surface area contributed by atoms with Crippen LogP contribution in [0.4, 0.5) is 0 Å². The zero-order valence-electron chi connectivity index (χ0n) is 12.2. The molecule has 3 aromatic rings. The van der Waals surface area contributed by atoms with Gasteiger partial charge >= 0.3 is 4.87 Å². The van der Waals surface area contributed by atoms with Crippen molar-refractivity contribution in [2.75, 3.05) is 7.11 Å². The van der Waals surface area contributed by atoms with Gasteiger partial charge in [0.15, 0.2) is 0 Å². The molecular weight excluding hydrogens is 336 g/mol. The summed E-state index contributed by atoms with van der Waals surface area (Å²) in [4.78, 5) is 13.9. The molecule has 1 aromatic heterocycles. The second-order valence-electron chi connectivity index (χ2n) is 4.85. The number of methoxy groups -OCH3 is 1. The molecule has 3 rings (SSSR count). The molecule has 0 aliphatic heterocycles. The minimum atomic E-state index is -3.66. The topological polar surface area (TPSA) is 88.3 Å². The SMILES string of the molecule is COc1cccc(CNS(=O)(=O)c2ccc3[nH]c(=O)sc3c2)c1. The molecule has 0 bridgehead atoms. The maximum atomic E-state index is 12.4. The third-order valence-corrected chi connectivity index (χ3v) is 5.55. The Kier molecular flexibility index (Phi) is 4.20. The van der Waals surface area contributed by atoms with Gasteiger partial charge in [-0.1, -0.05) is 23.5 Å². The number of rotatable bonds is 5. The average Bonchev–Trinajstić information content (AvgIpc) is 2.92. The van der Waals surface area contributed by atoms with Crippen molar-refractivity contribution in [3.8, 4) is 5.75 Å². The molecule has 2 N–H and O–H groups in total. The van der Waals surface area contributed by atoms with E-state index in [1.807, 2.05) is 6.07 Å². The number of nitrogens with one attached hydrogen (secondary N) is 2. The fourth-order valence-electron chi connectivity index (χ4n) is 2.14. The monoisotopic (exact) mass is 350 g/mol. The van der Waals surface area contributed by atoms with Crippen molar-refractivity contribution in [2.45, 2.75) is 11.4 Å². The van der Waals surface area contributed by atoms with Crippen LogP contribution in [-0.4, -0.2) is 20.5 Å². The van der Waals surface area contributed by atoms with Crippen LogP contribution >= 0.6 is 11.3 Å². The van der Waals surface area contributed by atoms with E-state index in [0.29, 0.717) is 16.0 Å². The summed E-state index contributed by atoms with van der Waals surface area (Å²) in [6.45, 7) is 0.154. The standard InChI is InChI=1S/C15H14N2O4S2/c1-21-11-4-2-3-10(7-11)9-16-23(19,20)12-5-6-13-14(8-12)22-15(18)17-13/h2-8,16H,9H2,1H3,(H,17,18). The number of sulfonamides is 1. The summed E-state index contributed by atoms with van der Waals surface area (Å²) in [6, 6.07) is 11.7. The van der Waals surface area contributed by atoms with E-state index in [9.17, 15) is 13.2 Å². The zero-order valence-corrected chi connectivity index (χ0v) is 13.8. The van der Waals surface area contributed by atoms with Crippen molar-refractivity contribution < 1.29 is 13.2 Å². The Morgan fingerprint density at radius 3 is 2.83 bits per heavy atom. The Bertz CT molecular complexity index is 1010. The zero-order chi connectivity index (χ0) is 16.4. The normalized spacial score (nSPS) is 11.7. The maximum Gasteiger partial charge on any atom is 0.305 e. The minimum absolute atomic E-state index is 0.128. The molecule has 0 radical (unpaired) electrons. The number of hydrogen-bond donors (Lipinski definition) is 2. The molecule has 23 heavy (non-hydrogen) atoms. The van der Waals surface area contributed by atoms with E-state index < -0.39 is 10.0 Å². The molecule has 0 aliphatic rings. The van der Waals surface area contributed by atoms with Crippen LogP contribution in [0.25, 0.3) is 10.2 Å². The first-order valence-corrected chi connectivity index (χ1v) is 9.03. The summed E-state index contributed by atoms with van der Waals surface area (Å²) >= 11 is 0.982. The van der Waals surface area contributed by atoms with Crippen LogP contribution in [0.2, 0.25) is 0 Å². The number of H-pyrrole nitrogens is 1. The van der Waals surface area contributed by atoms with Gasteiger partial charge in [-0.05, 0) is 35.9 Å². The Balaban J connectivity index is 1.83. The molecule has 0 unspecified atom stereocenters. The van der Waals surface area contributed by atoms with Crippen molar-refractivity contribution in [3.63, 3.8) is 0 Å². The van der Waals surface area contributed by atoms with Crippen molar-refractivity contribution in [3.05, 3.63) is 57.7 Å². The van der Waals surface area contributed by atoms with Gasteiger partial charge in [0.1, 0.15) is 5.75 Å². The predicted octanol–water partition coefficient (Wildman–Crippen LogP) is 2.08. The summed E-state index contributed by atoms with van der Waals surface area (Å²) in [5, 5.41) is 0. The van der Waals surface area contributed by atoms with E-state index in [0.717, 1.165) is 16.9 Å². The van der Waals surface area contributed by atoms with Crippen LogP contribution in [0.3, 0.4) is 0 Å². The first-order valence-electron chi connectivity index (χ1n) is 6.73. The quantitative estimate of drug-likeness (QED) is 0.737. The lowest BCUT2D eigenvalue weighted by Crippen LogP contribution is -2.23. The van der Waals surface area contributed by atoms with Gasteiger partial charge in [0, 0.05) is 6.54 Å². The maximum absolute atomic E-state index is 12.4. The molecule has 1 heterocycles. The highest BCUT2D eigenvalue weighted by molar-refractivity contribution is 7.89. The van der Waals surface area contributed by atoms with Gasteiger partial charge < -0.3 is 9.72 Å². The first-order chi connectivity index (χ1) is 11.0. The average molecular weight is 350 g/mol. The smallest absolute Gasteiger partial charge is 0.305 e. The van der Waals surface area contributed by atoms with Crippen LogP contribution in [0.1, 0.15) is 5.56 Å². The lowest BCUT2D eigenvalue weighted by Gasteiger charge is -2.08. The van der Waals surface area contributed by atoms with E-state index in [4.69, 9.17) is 4.74 Å². The Morgan fingerprint density at radius 2 is 2.04 bits per heavy atom. The fraction of sp³-hybridized carbons (Fsp3) is 0.133. The summed E-state index contributed by atoms with van der Waals surface area (Å²) < 4.78 is 33.0. The number of ether oxygens (including phenoxy) is 1. The highest BCUT2D eigenvalue weighted by Gasteiger charge is 2.15. The van der Waals surface area contributed by atoms with Gasteiger partial charge in [0.2, 0.25) is 10.0 Å². The molecule has 0 spiro atoms. The highest BCUT2D eigenvalue weighted by atomic mass is 32.2. The Hall–Kier alpha value is -2.16. The van der Waals surface area contributed by atoms with Crippen LogP contribution in [0.15, 0.2) is 52.2 Å². The molecule has 0 saturated heterocycles.